The fourth-order valence-electron chi connectivity index (χ4n) is 2.42. The van der Waals surface area contributed by atoms with Gasteiger partial charge in [0, 0.05) is 23.6 Å². The molecule has 6 heteroatoms. The molecule has 0 saturated carbocycles. The summed E-state index contributed by atoms with van der Waals surface area (Å²) in [6, 6.07) is 16.9. The predicted octanol–water partition coefficient (Wildman–Crippen LogP) is 3.93. The summed E-state index contributed by atoms with van der Waals surface area (Å²) in [6.45, 7) is 2.32. The summed E-state index contributed by atoms with van der Waals surface area (Å²) in [5.74, 6) is -0.621. The number of guanidine groups is 1. The zero-order chi connectivity index (χ0) is 19.1. The number of carbonyl (C=O) groups excluding carboxylic acids is 1. The Morgan fingerprint density at radius 3 is 2.59 bits per heavy atom. The molecule has 1 heterocycles. The van der Waals surface area contributed by atoms with Crippen molar-refractivity contribution in [1.29, 1.82) is 0 Å². The largest absolute Gasteiger partial charge is 0.326 e. The van der Waals surface area contributed by atoms with Gasteiger partial charge in [0.15, 0.2) is 0 Å². The van der Waals surface area contributed by atoms with Crippen LogP contribution in [-0.4, -0.2) is 16.9 Å². The minimum atomic E-state index is -0.468. The van der Waals surface area contributed by atoms with Crippen molar-refractivity contribution in [1.82, 2.24) is 10.3 Å². The molecule has 5 nitrogen and oxygen atoms in total. The lowest BCUT2D eigenvalue weighted by molar-refractivity contribution is 0.0976. The maximum Gasteiger partial charge on any atom is 0.258 e. The van der Waals surface area contributed by atoms with E-state index in [-0.39, 0.29) is 11.5 Å². The number of anilines is 1. The lowest BCUT2D eigenvalue weighted by Gasteiger charge is -2.13. The summed E-state index contributed by atoms with van der Waals surface area (Å²) in [5, 5.41) is 5.87. The third-order valence-corrected chi connectivity index (χ3v) is 3.89. The Morgan fingerprint density at radius 2 is 1.85 bits per heavy atom. The lowest BCUT2D eigenvalue weighted by atomic mass is 10.2. The number of aromatic nitrogens is 1. The van der Waals surface area contributed by atoms with Crippen molar-refractivity contribution in [3.8, 4) is 0 Å². The molecule has 0 fully saturated rings. The first-order valence-corrected chi connectivity index (χ1v) is 8.45. The molecule has 0 aliphatic heterocycles. The monoisotopic (exact) mass is 362 g/mol. The number of hydrogen-bond acceptors (Lipinski definition) is 3. The number of halogens is 1. The molecule has 0 radical (unpaired) electrons. The van der Waals surface area contributed by atoms with Crippen molar-refractivity contribution in [2.45, 2.75) is 13.5 Å². The SMILES string of the molecule is Cc1ccccc1NC(=NCc1ccncc1)NC(=O)c1cccc(F)c1. The third-order valence-electron chi connectivity index (χ3n) is 3.89. The van der Waals surface area contributed by atoms with Gasteiger partial charge < -0.3 is 5.32 Å². The van der Waals surface area contributed by atoms with E-state index in [1.165, 1.54) is 18.2 Å². The van der Waals surface area contributed by atoms with Crippen molar-refractivity contribution in [2.24, 2.45) is 4.99 Å². The van der Waals surface area contributed by atoms with Gasteiger partial charge in [-0.25, -0.2) is 9.38 Å². The topological polar surface area (TPSA) is 66.4 Å². The van der Waals surface area contributed by atoms with Gasteiger partial charge in [0.1, 0.15) is 5.82 Å². The maximum absolute atomic E-state index is 13.4. The normalized spacial score (nSPS) is 11.1. The number of benzene rings is 2. The summed E-state index contributed by atoms with van der Waals surface area (Å²) in [5.41, 5.74) is 3.01. The van der Waals surface area contributed by atoms with E-state index in [0.29, 0.717) is 6.54 Å². The molecule has 1 amide bonds. The number of nitrogens with one attached hydrogen (secondary N) is 2. The molecule has 27 heavy (non-hydrogen) atoms. The van der Waals surface area contributed by atoms with E-state index >= 15 is 0 Å². The highest BCUT2D eigenvalue weighted by atomic mass is 19.1. The van der Waals surface area contributed by atoms with Crippen LogP contribution in [0, 0.1) is 12.7 Å². The molecular formula is C21H19FN4O. The van der Waals surface area contributed by atoms with Gasteiger partial charge >= 0.3 is 0 Å². The smallest absolute Gasteiger partial charge is 0.258 e. The van der Waals surface area contributed by atoms with Crippen molar-refractivity contribution in [2.75, 3.05) is 5.32 Å². The minimum absolute atomic E-state index is 0.221. The van der Waals surface area contributed by atoms with Gasteiger partial charge in [-0.1, -0.05) is 24.3 Å². The molecule has 0 atom stereocenters. The van der Waals surface area contributed by atoms with Crippen LogP contribution in [-0.2, 0) is 6.54 Å². The average molecular weight is 362 g/mol. The fraction of sp³-hybridized carbons (Fsp3) is 0.0952. The van der Waals surface area contributed by atoms with Crippen LogP contribution < -0.4 is 10.6 Å². The minimum Gasteiger partial charge on any atom is -0.326 e. The van der Waals surface area contributed by atoms with Crippen LogP contribution in [0.1, 0.15) is 21.5 Å². The first-order valence-electron chi connectivity index (χ1n) is 8.45. The Balaban J connectivity index is 1.82. The zero-order valence-corrected chi connectivity index (χ0v) is 14.8. The summed E-state index contributed by atoms with van der Waals surface area (Å²) >= 11 is 0. The van der Waals surface area contributed by atoms with Crippen LogP contribution in [0.2, 0.25) is 0 Å². The second kappa shape index (κ2) is 8.71. The molecule has 0 bridgehead atoms. The average Bonchev–Trinajstić information content (AvgIpc) is 2.68. The molecule has 0 saturated heterocycles. The van der Waals surface area contributed by atoms with Crippen LogP contribution in [0.15, 0.2) is 78.0 Å². The van der Waals surface area contributed by atoms with Crippen molar-refractivity contribution in [3.63, 3.8) is 0 Å². The molecule has 0 unspecified atom stereocenters. The van der Waals surface area contributed by atoms with E-state index in [4.69, 9.17) is 0 Å². The standard InChI is InChI=1S/C21H19FN4O/c1-15-5-2-3-8-19(15)25-21(24-14-16-9-11-23-12-10-16)26-20(27)17-6-4-7-18(22)13-17/h2-13H,14H2,1H3,(H2,24,25,26,27). The molecule has 2 aromatic carbocycles. The van der Waals surface area contributed by atoms with E-state index in [0.717, 1.165) is 16.8 Å². The van der Waals surface area contributed by atoms with Crippen LogP contribution in [0.4, 0.5) is 10.1 Å². The highest BCUT2D eigenvalue weighted by molar-refractivity contribution is 6.10. The lowest BCUT2D eigenvalue weighted by Crippen LogP contribution is -2.36. The van der Waals surface area contributed by atoms with E-state index in [1.807, 2.05) is 43.3 Å². The number of amides is 1. The Morgan fingerprint density at radius 1 is 1.07 bits per heavy atom. The van der Waals surface area contributed by atoms with Crippen LogP contribution in [0.5, 0.6) is 0 Å². The van der Waals surface area contributed by atoms with E-state index in [2.05, 4.69) is 20.6 Å². The number of pyridine rings is 1. The number of hydrogen-bond donors (Lipinski definition) is 2. The number of nitrogens with zero attached hydrogens (tertiary/aromatic N) is 2. The predicted molar refractivity (Wildman–Crippen MR) is 104 cm³/mol. The van der Waals surface area contributed by atoms with E-state index in [9.17, 15) is 9.18 Å². The van der Waals surface area contributed by atoms with Crippen LogP contribution in [0.3, 0.4) is 0 Å². The molecule has 136 valence electrons. The number of aryl methyl sites for hydroxylation is 1. The number of para-hydroxylation sites is 1. The Labute approximate surface area is 157 Å². The number of carbonyl (C=O) groups is 1. The van der Waals surface area contributed by atoms with Gasteiger partial charge in [0.25, 0.3) is 5.91 Å². The number of aliphatic imine (C=N–C) groups is 1. The van der Waals surface area contributed by atoms with Crippen molar-refractivity contribution >= 4 is 17.6 Å². The number of rotatable bonds is 4. The highest BCUT2D eigenvalue weighted by Gasteiger charge is 2.11. The summed E-state index contributed by atoms with van der Waals surface area (Å²) < 4.78 is 13.4. The second-order valence-electron chi connectivity index (χ2n) is 5.92. The first kappa shape index (κ1) is 18.3. The second-order valence-corrected chi connectivity index (χ2v) is 5.92. The van der Waals surface area contributed by atoms with Crippen molar-refractivity contribution < 1.29 is 9.18 Å². The van der Waals surface area contributed by atoms with E-state index < -0.39 is 11.7 Å². The van der Waals surface area contributed by atoms with Gasteiger partial charge in [0.2, 0.25) is 5.96 Å². The zero-order valence-electron chi connectivity index (χ0n) is 14.8. The maximum atomic E-state index is 13.4. The summed E-state index contributed by atoms with van der Waals surface area (Å²) in [6.07, 6.45) is 3.37. The quantitative estimate of drug-likeness (QED) is 0.546. The highest BCUT2D eigenvalue weighted by Crippen LogP contribution is 2.13. The van der Waals surface area contributed by atoms with Gasteiger partial charge in [-0.2, -0.15) is 0 Å². The molecule has 2 N–H and O–H groups in total. The Hall–Kier alpha value is -3.54. The molecule has 0 aliphatic carbocycles. The van der Waals surface area contributed by atoms with Gasteiger partial charge in [-0.15, -0.1) is 0 Å². The summed E-state index contributed by atoms with van der Waals surface area (Å²) in [4.78, 5) is 20.9. The van der Waals surface area contributed by atoms with Gasteiger partial charge in [-0.3, -0.25) is 15.1 Å². The molecule has 3 aromatic rings. The summed E-state index contributed by atoms with van der Waals surface area (Å²) in [7, 11) is 0. The fourth-order valence-corrected chi connectivity index (χ4v) is 2.42. The van der Waals surface area contributed by atoms with Crippen molar-refractivity contribution in [3.05, 3.63) is 95.6 Å². The third kappa shape index (κ3) is 5.22. The Kier molecular flexibility index (Phi) is 5.89. The van der Waals surface area contributed by atoms with Gasteiger partial charge in [0.05, 0.1) is 6.54 Å². The molecule has 1 aromatic heterocycles. The molecule has 0 spiro atoms. The first-order chi connectivity index (χ1) is 13.1. The Bertz CT molecular complexity index is 957. The van der Waals surface area contributed by atoms with Crippen LogP contribution in [0.25, 0.3) is 0 Å². The van der Waals surface area contributed by atoms with Gasteiger partial charge in [-0.05, 0) is 54.4 Å². The molecule has 3 rings (SSSR count). The van der Waals surface area contributed by atoms with E-state index in [1.54, 1.807) is 18.5 Å². The van der Waals surface area contributed by atoms with Crippen LogP contribution >= 0.6 is 0 Å². The molecule has 0 aliphatic rings. The molecular weight excluding hydrogens is 343 g/mol.